The summed E-state index contributed by atoms with van der Waals surface area (Å²) in [6.07, 6.45) is 0.867. The fourth-order valence-electron chi connectivity index (χ4n) is 1.73. The third-order valence-corrected chi connectivity index (χ3v) is 3.90. The molecule has 0 radical (unpaired) electrons. The molecule has 1 atom stereocenters. The van der Waals surface area contributed by atoms with Crippen molar-refractivity contribution in [3.05, 3.63) is 35.6 Å². The SMILES string of the molecule is CC(Cc1cccc(F)c1)NCC(C)(C)C(C)C. The molecule has 1 N–H and O–H groups in total. The molecule has 1 rings (SSSR count). The van der Waals surface area contributed by atoms with Crippen LogP contribution < -0.4 is 5.32 Å². The van der Waals surface area contributed by atoms with Gasteiger partial charge in [0.15, 0.2) is 0 Å². The van der Waals surface area contributed by atoms with Crippen LogP contribution in [0, 0.1) is 17.2 Å². The van der Waals surface area contributed by atoms with E-state index in [1.807, 2.05) is 6.07 Å². The van der Waals surface area contributed by atoms with Gasteiger partial charge in [0.2, 0.25) is 0 Å². The molecule has 0 amide bonds. The molecular weight excluding hydrogens is 225 g/mol. The minimum atomic E-state index is -0.151. The van der Waals surface area contributed by atoms with Gasteiger partial charge in [-0.25, -0.2) is 4.39 Å². The minimum Gasteiger partial charge on any atom is -0.313 e. The van der Waals surface area contributed by atoms with Crippen molar-refractivity contribution in [1.29, 1.82) is 0 Å². The maximum Gasteiger partial charge on any atom is 0.123 e. The summed E-state index contributed by atoms with van der Waals surface area (Å²) < 4.78 is 13.1. The Bertz CT molecular complexity index is 371. The lowest BCUT2D eigenvalue weighted by Gasteiger charge is -2.31. The second kappa shape index (κ2) is 6.33. The summed E-state index contributed by atoms with van der Waals surface area (Å²) in [5, 5.41) is 3.55. The summed E-state index contributed by atoms with van der Waals surface area (Å²) in [7, 11) is 0. The molecule has 0 aliphatic carbocycles. The van der Waals surface area contributed by atoms with Crippen molar-refractivity contribution < 1.29 is 4.39 Å². The number of benzene rings is 1. The van der Waals surface area contributed by atoms with E-state index in [0.717, 1.165) is 18.5 Å². The molecule has 0 aliphatic rings. The van der Waals surface area contributed by atoms with E-state index in [-0.39, 0.29) is 11.2 Å². The number of halogens is 1. The zero-order chi connectivity index (χ0) is 13.8. The maximum atomic E-state index is 13.1. The highest BCUT2D eigenvalue weighted by atomic mass is 19.1. The molecule has 0 spiro atoms. The van der Waals surface area contributed by atoms with Crippen LogP contribution in [0.3, 0.4) is 0 Å². The Balaban J connectivity index is 2.45. The van der Waals surface area contributed by atoms with Gasteiger partial charge in [0.1, 0.15) is 5.82 Å². The molecule has 0 aromatic heterocycles. The van der Waals surface area contributed by atoms with E-state index < -0.39 is 0 Å². The third-order valence-electron chi connectivity index (χ3n) is 3.90. The molecule has 102 valence electrons. The largest absolute Gasteiger partial charge is 0.313 e. The minimum absolute atomic E-state index is 0.151. The Morgan fingerprint density at radius 1 is 1.22 bits per heavy atom. The van der Waals surface area contributed by atoms with E-state index in [4.69, 9.17) is 0 Å². The van der Waals surface area contributed by atoms with Crippen molar-refractivity contribution >= 4 is 0 Å². The van der Waals surface area contributed by atoms with Crippen LogP contribution in [0.15, 0.2) is 24.3 Å². The van der Waals surface area contributed by atoms with Crippen molar-refractivity contribution in [3.63, 3.8) is 0 Å². The molecule has 1 unspecified atom stereocenters. The van der Waals surface area contributed by atoms with Gasteiger partial charge in [-0.2, -0.15) is 0 Å². The van der Waals surface area contributed by atoms with Crippen molar-refractivity contribution in [1.82, 2.24) is 5.32 Å². The van der Waals surface area contributed by atoms with Crippen LogP contribution in [0.2, 0.25) is 0 Å². The molecule has 1 aromatic rings. The summed E-state index contributed by atoms with van der Waals surface area (Å²) in [6.45, 7) is 12.2. The van der Waals surface area contributed by atoms with E-state index in [0.29, 0.717) is 12.0 Å². The fourth-order valence-corrected chi connectivity index (χ4v) is 1.73. The van der Waals surface area contributed by atoms with E-state index in [9.17, 15) is 4.39 Å². The molecule has 0 saturated carbocycles. The zero-order valence-electron chi connectivity index (χ0n) is 12.3. The number of rotatable bonds is 6. The number of hydrogen-bond acceptors (Lipinski definition) is 1. The van der Waals surface area contributed by atoms with E-state index in [1.54, 1.807) is 12.1 Å². The van der Waals surface area contributed by atoms with E-state index in [2.05, 4.69) is 39.9 Å². The number of nitrogens with one attached hydrogen (secondary N) is 1. The van der Waals surface area contributed by atoms with Crippen LogP contribution in [-0.4, -0.2) is 12.6 Å². The van der Waals surface area contributed by atoms with Gasteiger partial charge in [-0.05, 0) is 42.4 Å². The fraction of sp³-hybridized carbons (Fsp3) is 0.625. The van der Waals surface area contributed by atoms with Gasteiger partial charge < -0.3 is 5.32 Å². The first-order valence-corrected chi connectivity index (χ1v) is 6.79. The molecule has 1 nitrogen and oxygen atoms in total. The maximum absolute atomic E-state index is 13.1. The van der Waals surface area contributed by atoms with E-state index in [1.165, 1.54) is 6.07 Å². The van der Waals surface area contributed by atoms with Gasteiger partial charge in [0.05, 0.1) is 0 Å². The van der Waals surface area contributed by atoms with Gasteiger partial charge in [-0.3, -0.25) is 0 Å². The molecule has 0 aliphatic heterocycles. The second-order valence-corrected chi connectivity index (χ2v) is 6.26. The monoisotopic (exact) mass is 251 g/mol. The van der Waals surface area contributed by atoms with Crippen LogP contribution >= 0.6 is 0 Å². The molecule has 0 bridgehead atoms. The molecule has 0 saturated heterocycles. The predicted molar refractivity (Wildman–Crippen MR) is 76.2 cm³/mol. The quantitative estimate of drug-likeness (QED) is 0.805. The van der Waals surface area contributed by atoms with Gasteiger partial charge in [-0.1, -0.05) is 39.8 Å². The van der Waals surface area contributed by atoms with Crippen molar-refractivity contribution in [2.24, 2.45) is 11.3 Å². The third kappa shape index (κ3) is 4.77. The van der Waals surface area contributed by atoms with Crippen LogP contribution in [0.5, 0.6) is 0 Å². The average molecular weight is 251 g/mol. The molecule has 18 heavy (non-hydrogen) atoms. The normalized spacial score (nSPS) is 13.9. The summed E-state index contributed by atoms with van der Waals surface area (Å²) in [5.74, 6) is 0.494. The first-order valence-electron chi connectivity index (χ1n) is 6.79. The Morgan fingerprint density at radius 3 is 2.44 bits per heavy atom. The number of hydrogen-bond donors (Lipinski definition) is 1. The summed E-state index contributed by atoms with van der Waals surface area (Å²) in [6, 6.07) is 7.23. The summed E-state index contributed by atoms with van der Waals surface area (Å²) >= 11 is 0. The van der Waals surface area contributed by atoms with E-state index >= 15 is 0 Å². The lowest BCUT2D eigenvalue weighted by atomic mass is 9.81. The van der Waals surface area contributed by atoms with Crippen molar-refractivity contribution in [2.45, 2.75) is 47.1 Å². The van der Waals surface area contributed by atoms with Crippen LogP contribution in [0.25, 0.3) is 0 Å². The van der Waals surface area contributed by atoms with Crippen LogP contribution in [0.4, 0.5) is 4.39 Å². The molecular formula is C16H26FN. The van der Waals surface area contributed by atoms with Crippen LogP contribution in [-0.2, 0) is 6.42 Å². The Kier molecular flexibility index (Phi) is 5.33. The van der Waals surface area contributed by atoms with Crippen LogP contribution in [0.1, 0.15) is 40.2 Å². The Morgan fingerprint density at radius 2 is 1.89 bits per heavy atom. The predicted octanol–water partition coefficient (Wildman–Crippen LogP) is 4.03. The summed E-state index contributed by atoms with van der Waals surface area (Å²) in [5.41, 5.74) is 1.34. The highest BCUT2D eigenvalue weighted by Gasteiger charge is 2.22. The highest BCUT2D eigenvalue weighted by Crippen LogP contribution is 2.24. The Labute approximate surface area is 111 Å². The molecule has 0 heterocycles. The van der Waals surface area contributed by atoms with Gasteiger partial charge >= 0.3 is 0 Å². The lowest BCUT2D eigenvalue weighted by Crippen LogP contribution is -2.39. The average Bonchev–Trinajstić information content (AvgIpc) is 2.26. The molecule has 2 heteroatoms. The first kappa shape index (κ1) is 15.2. The first-order chi connectivity index (χ1) is 8.31. The van der Waals surface area contributed by atoms with Gasteiger partial charge in [-0.15, -0.1) is 0 Å². The standard InChI is InChI=1S/C16H26FN/c1-12(2)16(4,5)11-18-13(3)9-14-7-6-8-15(17)10-14/h6-8,10,12-13,18H,9,11H2,1-5H3. The zero-order valence-corrected chi connectivity index (χ0v) is 12.3. The Hall–Kier alpha value is -0.890. The van der Waals surface area contributed by atoms with Gasteiger partial charge in [0.25, 0.3) is 0 Å². The molecule has 0 fully saturated rings. The van der Waals surface area contributed by atoms with Crippen molar-refractivity contribution in [3.8, 4) is 0 Å². The lowest BCUT2D eigenvalue weighted by molar-refractivity contribution is 0.230. The van der Waals surface area contributed by atoms with Crippen molar-refractivity contribution in [2.75, 3.05) is 6.54 Å². The molecule has 1 aromatic carbocycles. The second-order valence-electron chi connectivity index (χ2n) is 6.26. The smallest absolute Gasteiger partial charge is 0.123 e. The highest BCUT2D eigenvalue weighted by molar-refractivity contribution is 5.17. The van der Waals surface area contributed by atoms with Gasteiger partial charge in [0, 0.05) is 12.6 Å². The summed E-state index contributed by atoms with van der Waals surface area (Å²) in [4.78, 5) is 0. The topological polar surface area (TPSA) is 12.0 Å².